The molecule has 11 heteroatoms. The largest absolute Gasteiger partial charge is 0.416 e. The Labute approximate surface area is 183 Å². The maximum absolute atomic E-state index is 12.9. The Morgan fingerprint density at radius 1 is 1.28 bits per heavy atom. The summed E-state index contributed by atoms with van der Waals surface area (Å²) in [6.07, 6.45) is 0.702. The van der Waals surface area contributed by atoms with Crippen LogP contribution in [0.4, 0.5) is 13.2 Å². The fourth-order valence-corrected chi connectivity index (χ4v) is 3.78. The maximum atomic E-state index is 12.9. The van der Waals surface area contributed by atoms with Crippen LogP contribution < -0.4 is 10.6 Å². The number of carbonyl (C=O) groups excluding carboxylic acids is 1. The van der Waals surface area contributed by atoms with Crippen LogP contribution >= 0.6 is 0 Å². The van der Waals surface area contributed by atoms with E-state index >= 15 is 0 Å². The van der Waals surface area contributed by atoms with Crippen molar-refractivity contribution in [1.29, 1.82) is 0 Å². The number of halogens is 3. The summed E-state index contributed by atoms with van der Waals surface area (Å²) < 4.78 is 42.1. The van der Waals surface area contributed by atoms with Crippen LogP contribution in [0, 0.1) is 0 Å². The third kappa shape index (κ3) is 4.83. The van der Waals surface area contributed by atoms with Crippen molar-refractivity contribution >= 4 is 5.91 Å². The molecule has 3 heterocycles. The molecule has 0 spiro atoms. The van der Waals surface area contributed by atoms with Crippen LogP contribution in [-0.4, -0.2) is 62.9 Å². The van der Waals surface area contributed by atoms with Crippen LogP contribution in [0.3, 0.4) is 0 Å². The van der Waals surface area contributed by atoms with Crippen LogP contribution in [0.5, 0.6) is 0 Å². The molecule has 0 radical (unpaired) electrons. The molecule has 0 bridgehead atoms. The zero-order chi connectivity index (χ0) is 22.7. The Bertz CT molecular complexity index is 1080. The Morgan fingerprint density at radius 2 is 2.12 bits per heavy atom. The molecule has 170 valence electrons. The predicted octanol–water partition coefficient (Wildman–Crippen LogP) is 2.00. The normalized spacial score (nSPS) is 17.4. The number of piperazine rings is 1. The predicted molar refractivity (Wildman–Crippen MR) is 111 cm³/mol. The first-order chi connectivity index (χ1) is 15.3. The topological polar surface area (TPSA) is 80.0 Å². The molecule has 1 aliphatic heterocycles. The monoisotopic (exact) mass is 447 g/mol. The van der Waals surface area contributed by atoms with E-state index in [1.54, 1.807) is 6.20 Å². The van der Waals surface area contributed by atoms with Gasteiger partial charge in [-0.25, -0.2) is 9.67 Å². The van der Waals surface area contributed by atoms with Crippen molar-refractivity contribution in [3.8, 4) is 5.69 Å². The molecule has 0 saturated carbocycles. The molecule has 1 unspecified atom stereocenters. The van der Waals surface area contributed by atoms with Crippen molar-refractivity contribution in [2.75, 3.05) is 32.7 Å². The molecule has 2 aromatic heterocycles. The minimum absolute atomic E-state index is 0.112. The highest BCUT2D eigenvalue weighted by Crippen LogP contribution is 2.30. The Balaban J connectivity index is 1.36. The number of nitrogens with one attached hydrogen (secondary N) is 2. The number of rotatable bonds is 6. The van der Waals surface area contributed by atoms with Crippen LogP contribution in [0.15, 0.2) is 48.9 Å². The second-order valence-corrected chi connectivity index (χ2v) is 7.60. The molecule has 1 aromatic carbocycles. The van der Waals surface area contributed by atoms with Gasteiger partial charge in [-0.3, -0.25) is 9.69 Å². The molecule has 32 heavy (non-hydrogen) atoms. The van der Waals surface area contributed by atoms with Gasteiger partial charge >= 0.3 is 6.18 Å². The number of imidazole rings is 1. The summed E-state index contributed by atoms with van der Waals surface area (Å²) in [5, 5.41) is 10.4. The molecule has 0 aliphatic carbocycles. The van der Waals surface area contributed by atoms with E-state index in [4.69, 9.17) is 0 Å². The molecule has 8 nitrogen and oxygen atoms in total. The van der Waals surface area contributed by atoms with Gasteiger partial charge in [0.25, 0.3) is 5.91 Å². The summed E-state index contributed by atoms with van der Waals surface area (Å²) in [6, 6.07) is 6.40. The van der Waals surface area contributed by atoms with Gasteiger partial charge in [-0.05, 0) is 24.3 Å². The number of carbonyl (C=O) groups is 1. The quantitative estimate of drug-likeness (QED) is 0.604. The van der Waals surface area contributed by atoms with Crippen molar-refractivity contribution < 1.29 is 18.0 Å². The first-order valence-electron chi connectivity index (χ1n) is 10.3. The third-order valence-corrected chi connectivity index (χ3v) is 5.46. The Kier molecular flexibility index (Phi) is 6.28. The van der Waals surface area contributed by atoms with Gasteiger partial charge in [0, 0.05) is 58.4 Å². The number of hydrogen-bond acceptors (Lipinski definition) is 5. The lowest BCUT2D eigenvalue weighted by Crippen LogP contribution is -2.49. The van der Waals surface area contributed by atoms with Gasteiger partial charge in [0.05, 0.1) is 17.3 Å². The van der Waals surface area contributed by atoms with E-state index in [0.717, 1.165) is 37.6 Å². The van der Waals surface area contributed by atoms with E-state index in [1.165, 1.54) is 29.1 Å². The fourth-order valence-electron chi connectivity index (χ4n) is 3.78. The maximum Gasteiger partial charge on any atom is 0.416 e. The van der Waals surface area contributed by atoms with Crippen molar-refractivity contribution in [2.45, 2.75) is 12.2 Å². The molecule has 4 rings (SSSR count). The summed E-state index contributed by atoms with van der Waals surface area (Å²) in [5.41, 5.74) is -0.393. The first-order valence-corrected chi connectivity index (χ1v) is 10.3. The lowest BCUT2D eigenvalue weighted by atomic mass is 10.1. The Hall–Kier alpha value is -3.18. The Morgan fingerprint density at radius 3 is 2.88 bits per heavy atom. The number of hydrogen-bond donors (Lipinski definition) is 2. The molecular weight excluding hydrogens is 423 g/mol. The number of alkyl halides is 3. The summed E-state index contributed by atoms with van der Waals surface area (Å²) >= 11 is 0. The van der Waals surface area contributed by atoms with Crippen LogP contribution in [0.1, 0.15) is 27.9 Å². The van der Waals surface area contributed by atoms with Gasteiger partial charge < -0.3 is 15.2 Å². The van der Waals surface area contributed by atoms with E-state index < -0.39 is 11.7 Å². The molecule has 1 atom stereocenters. The molecule has 1 amide bonds. The fraction of sp³-hybridized carbons (Fsp3) is 0.381. The van der Waals surface area contributed by atoms with Crippen LogP contribution in [0.2, 0.25) is 0 Å². The molecule has 2 N–H and O–H groups in total. The number of aryl methyl sites for hydroxylation is 1. The van der Waals surface area contributed by atoms with Crippen molar-refractivity contribution in [3.63, 3.8) is 0 Å². The standard InChI is InChI=1S/C21H24F3N7O/c1-29-10-7-26-19(29)18-14-25-6-11-30(18)12-8-27-20(32)17-5-9-31(28-17)16-4-2-3-15(13-16)21(22,23)24/h2-5,7,9-10,13,18,25H,6,8,11-12,14H2,1H3,(H,27,32). The zero-order valence-corrected chi connectivity index (χ0v) is 17.5. The lowest BCUT2D eigenvalue weighted by molar-refractivity contribution is -0.137. The van der Waals surface area contributed by atoms with E-state index in [1.807, 2.05) is 17.8 Å². The number of benzene rings is 1. The number of aromatic nitrogens is 4. The molecule has 1 saturated heterocycles. The van der Waals surface area contributed by atoms with Crippen LogP contribution in [-0.2, 0) is 13.2 Å². The molecule has 3 aromatic rings. The summed E-state index contributed by atoms with van der Waals surface area (Å²) in [6.45, 7) is 3.52. The second kappa shape index (κ2) is 9.13. The average Bonchev–Trinajstić information content (AvgIpc) is 3.43. The summed E-state index contributed by atoms with van der Waals surface area (Å²) in [7, 11) is 1.96. The minimum Gasteiger partial charge on any atom is -0.349 e. The number of nitrogens with zero attached hydrogens (tertiary/aromatic N) is 5. The van der Waals surface area contributed by atoms with Gasteiger partial charge in [0.1, 0.15) is 5.82 Å². The van der Waals surface area contributed by atoms with E-state index in [9.17, 15) is 18.0 Å². The third-order valence-electron chi connectivity index (χ3n) is 5.46. The van der Waals surface area contributed by atoms with Gasteiger partial charge in [-0.2, -0.15) is 18.3 Å². The van der Waals surface area contributed by atoms with Crippen molar-refractivity contribution in [3.05, 3.63) is 66.0 Å². The molecular formula is C21H24F3N7O. The minimum atomic E-state index is -4.44. The second-order valence-electron chi connectivity index (χ2n) is 7.60. The molecule has 1 aliphatic rings. The van der Waals surface area contributed by atoms with Gasteiger partial charge in [-0.1, -0.05) is 6.07 Å². The average molecular weight is 447 g/mol. The summed E-state index contributed by atoms with van der Waals surface area (Å²) in [4.78, 5) is 19.2. The number of amides is 1. The zero-order valence-electron chi connectivity index (χ0n) is 17.5. The molecule has 1 fully saturated rings. The van der Waals surface area contributed by atoms with E-state index in [2.05, 4.69) is 25.6 Å². The van der Waals surface area contributed by atoms with Gasteiger partial charge in [0.2, 0.25) is 0 Å². The van der Waals surface area contributed by atoms with Crippen LogP contribution in [0.25, 0.3) is 5.69 Å². The first kappa shape index (κ1) is 22.0. The van der Waals surface area contributed by atoms with E-state index in [-0.39, 0.29) is 23.3 Å². The highest BCUT2D eigenvalue weighted by Gasteiger charge is 2.30. The van der Waals surface area contributed by atoms with Gasteiger partial charge in [-0.15, -0.1) is 0 Å². The SMILES string of the molecule is Cn1ccnc1C1CNCCN1CCNC(=O)c1ccn(-c2cccc(C(F)(F)F)c2)n1. The highest BCUT2D eigenvalue weighted by atomic mass is 19.4. The van der Waals surface area contributed by atoms with Crippen molar-refractivity contribution in [1.82, 2.24) is 34.9 Å². The lowest BCUT2D eigenvalue weighted by Gasteiger charge is -2.35. The van der Waals surface area contributed by atoms with Gasteiger partial charge in [0.15, 0.2) is 5.69 Å². The highest BCUT2D eigenvalue weighted by molar-refractivity contribution is 5.92. The smallest absolute Gasteiger partial charge is 0.349 e. The summed E-state index contributed by atoms with van der Waals surface area (Å²) in [5.74, 6) is 0.586. The van der Waals surface area contributed by atoms with E-state index in [0.29, 0.717) is 13.1 Å². The van der Waals surface area contributed by atoms with Crippen molar-refractivity contribution in [2.24, 2.45) is 7.05 Å².